The van der Waals surface area contributed by atoms with Crippen LogP contribution in [0, 0.1) is 0 Å². The number of phenols is 2. The topological polar surface area (TPSA) is 152 Å². The zero-order chi connectivity index (χ0) is 34.9. The number of aliphatic hydroxyl groups is 2. The van der Waals surface area contributed by atoms with Crippen LogP contribution in [-0.2, 0) is 9.47 Å². The molecule has 254 valence electrons. The third-order valence-corrected chi connectivity index (χ3v) is 5.62. The molecule has 10 nitrogen and oxygen atoms in total. The molecule has 0 spiro atoms. The SMILES string of the molecule is CCC.CCO.CCOCCOCO.O=C(c1ccccc1)c1ccc(OCOc2ccc(C(=O)c3ccccc3)c(O)c2)cc1O. The van der Waals surface area contributed by atoms with Gasteiger partial charge in [0.25, 0.3) is 0 Å². The van der Waals surface area contributed by atoms with Crippen molar-refractivity contribution in [3.05, 3.63) is 119 Å². The van der Waals surface area contributed by atoms with E-state index in [1.165, 1.54) is 30.7 Å². The van der Waals surface area contributed by atoms with Crippen LogP contribution < -0.4 is 9.47 Å². The zero-order valence-corrected chi connectivity index (χ0v) is 27.4. The Morgan fingerprint density at radius 2 is 0.979 bits per heavy atom. The van der Waals surface area contributed by atoms with E-state index >= 15 is 0 Å². The number of aromatic hydroxyl groups is 2. The minimum absolute atomic E-state index is 0.165. The predicted molar refractivity (Wildman–Crippen MR) is 180 cm³/mol. The fourth-order valence-corrected chi connectivity index (χ4v) is 3.57. The van der Waals surface area contributed by atoms with Crippen LogP contribution in [0.25, 0.3) is 0 Å². The fraction of sp³-hybridized carbons (Fsp3) is 0.297. The van der Waals surface area contributed by atoms with Crippen LogP contribution in [0.1, 0.15) is 66.0 Å². The van der Waals surface area contributed by atoms with Crippen molar-refractivity contribution >= 4 is 11.6 Å². The van der Waals surface area contributed by atoms with E-state index < -0.39 is 0 Å². The van der Waals surface area contributed by atoms with Gasteiger partial charge in [-0.25, -0.2) is 0 Å². The molecule has 47 heavy (non-hydrogen) atoms. The lowest BCUT2D eigenvalue weighted by molar-refractivity contribution is -0.0276. The largest absolute Gasteiger partial charge is 0.507 e. The van der Waals surface area contributed by atoms with Crippen molar-refractivity contribution in [2.45, 2.75) is 34.1 Å². The maximum absolute atomic E-state index is 12.5. The molecule has 0 aliphatic carbocycles. The molecule has 0 aliphatic heterocycles. The maximum Gasteiger partial charge on any atom is 0.230 e. The van der Waals surface area contributed by atoms with Gasteiger partial charge in [0.2, 0.25) is 6.79 Å². The molecule has 0 radical (unpaired) electrons. The van der Waals surface area contributed by atoms with Crippen LogP contribution in [0.4, 0.5) is 0 Å². The van der Waals surface area contributed by atoms with Crippen molar-refractivity contribution < 1.29 is 49.0 Å². The third kappa shape index (κ3) is 15.4. The lowest BCUT2D eigenvalue weighted by atomic mass is 10.0. The monoisotopic (exact) mass is 650 g/mol. The summed E-state index contributed by atoms with van der Waals surface area (Å²) in [5, 5.41) is 36.1. The zero-order valence-electron chi connectivity index (χ0n) is 27.4. The summed E-state index contributed by atoms with van der Waals surface area (Å²) >= 11 is 0. The number of hydrogen-bond acceptors (Lipinski definition) is 10. The number of hydrogen-bond donors (Lipinski definition) is 4. The van der Waals surface area contributed by atoms with Crippen molar-refractivity contribution in [3.8, 4) is 23.0 Å². The Balaban J connectivity index is 0.000000668. The maximum atomic E-state index is 12.5. The lowest BCUT2D eigenvalue weighted by Crippen LogP contribution is -2.07. The van der Waals surface area contributed by atoms with E-state index in [0.717, 1.165) is 0 Å². The molecule has 0 saturated heterocycles. The van der Waals surface area contributed by atoms with E-state index in [0.29, 0.717) is 42.4 Å². The molecule has 0 atom stereocenters. The number of phenolic OH excluding ortho intramolecular Hbond substituents is 2. The number of ketones is 2. The number of carbonyl (C=O) groups excluding carboxylic acids is 2. The molecular weight excluding hydrogens is 604 g/mol. The Morgan fingerprint density at radius 1 is 0.596 bits per heavy atom. The van der Waals surface area contributed by atoms with Crippen LogP contribution >= 0.6 is 0 Å². The second kappa shape index (κ2) is 24.5. The van der Waals surface area contributed by atoms with Crippen LogP contribution in [0.15, 0.2) is 97.1 Å². The van der Waals surface area contributed by atoms with Crippen LogP contribution in [0.2, 0.25) is 0 Å². The first-order valence-corrected chi connectivity index (χ1v) is 15.3. The third-order valence-electron chi connectivity index (χ3n) is 5.62. The van der Waals surface area contributed by atoms with Gasteiger partial charge < -0.3 is 39.4 Å². The molecule has 0 saturated carbocycles. The number of benzene rings is 4. The Bertz CT molecular complexity index is 1320. The first kappa shape index (κ1) is 40.3. The second-order valence-corrected chi connectivity index (χ2v) is 9.41. The molecule has 0 unspecified atom stereocenters. The highest BCUT2D eigenvalue weighted by molar-refractivity contribution is 6.11. The van der Waals surface area contributed by atoms with Crippen LogP contribution in [0.5, 0.6) is 23.0 Å². The highest BCUT2D eigenvalue weighted by Gasteiger charge is 2.15. The van der Waals surface area contributed by atoms with E-state index in [1.54, 1.807) is 67.6 Å². The van der Waals surface area contributed by atoms with E-state index in [-0.39, 0.29) is 54.4 Å². The molecule has 0 aromatic heterocycles. The molecule has 0 heterocycles. The summed E-state index contributed by atoms with van der Waals surface area (Å²) in [5.74, 6) is -0.395. The summed E-state index contributed by atoms with van der Waals surface area (Å²) in [6, 6.07) is 26.1. The number of ether oxygens (including phenoxy) is 4. The average molecular weight is 651 g/mol. The number of carbonyl (C=O) groups is 2. The van der Waals surface area contributed by atoms with Crippen LogP contribution in [0.3, 0.4) is 0 Å². The lowest BCUT2D eigenvalue weighted by Gasteiger charge is -2.11. The summed E-state index contributed by atoms with van der Waals surface area (Å²) in [7, 11) is 0. The Labute approximate surface area is 276 Å². The van der Waals surface area contributed by atoms with Gasteiger partial charge in [-0.05, 0) is 38.1 Å². The van der Waals surface area contributed by atoms with Gasteiger partial charge in [-0.15, -0.1) is 0 Å². The Morgan fingerprint density at radius 3 is 1.32 bits per heavy atom. The number of rotatable bonds is 13. The molecule has 4 N–H and O–H groups in total. The average Bonchev–Trinajstić information content (AvgIpc) is 3.08. The minimum Gasteiger partial charge on any atom is -0.507 e. The Kier molecular flexibility index (Phi) is 21.0. The molecule has 10 heteroatoms. The normalized spacial score (nSPS) is 9.74. The van der Waals surface area contributed by atoms with E-state index in [9.17, 15) is 19.8 Å². The van der Waals surface area contributed by atoms with E-state index in [4.69, 9.17) is 24.4 Å². The van der Waals surface area contributed by atoms with Crippen molar-refractivity contribution in [2.75, 3.05) is 40.0 Å². The first-order chi connectivity index (χ1) is 22.8. The highest BCUT2D eigenvalue weighted by Crippen LogP contribution is 2.28. The molecule has 0 aliphatic rings. The van der Waals surface area contributed by atoms with Gasteiger partial charge in [0.15, 0.2) is 11.6 Å². The molecule has 4 rings (SSSR count). The minimum atomic E-state index is -0.295. The summed E-state index contributed by atoms with van der Waals surface area (Å²) in [6.07, 6.45) is 1.25. The quantitative estimate of drug-likeness (QED) is 0.0729. The van der Waals surface area contributed by atoms with Crippen molar-refractivity contribution in [1.29, 1.82) is 0 Å². The van der Waals surface area contributed by atoms with Crippen molar-refractivity contribution in [3.63, 3.8) is 0 Å². The van der Waals surface area contributed by atoms with Gasteiger partial charge in [0.1, 0.15) is 29.8 Å². The van der Waals surface area contributed by atoms with Gasteiger partial charge in [-0.2, -0.15) is 0 Å². The fourth-order valence-electron chi connectivity index (χ4n) is 3.57. The van der Waals surface area contributed by atoms with E-state index in [2.05, 4.69) is 18.6 Å². The van der Waals surface area contributed by atoms with Gasteiger partial charge in [-0.3, -0.25) is 9.59 Å². The van der Waals surface area contributed by atoms with E-state index in [1.807, 2.05) is 19.1 Å². The first-order valence-electron chi connectivity index (χ1n) is 15.3. The Hall–Kier alpha value is -4.74. The summed E-state index contributed by atoms with van der Waals surface area (Å²) in [6.45, 7) is 9.42. The second-order valence-electron chi connectivity index (χ2n) is 9.41. The summed E-state index contributed by atoms with van der Waals surface area (Å²) < 4.78 is 20.4. The molecule has 0 fully saturated rings. The molecular formula is C37H46O10. The smallest absolute Gasteiger partial charge is 0.230 e. The highest BCUT2D eigenvalue weighted by atomic mass is 16.7. The molecule has 4 aromatic rings. The number of aliphatic hydroxyl groups excluding tert-OH is 2. The van der Waals surface area contributed by atoms with Crippen molar-refractivity contribution in [1.82, 2.24) is 0 Å². The summed E-state index contributed by atoms with van der Waals surface area (Å²) in [5.41, 5.74) is 1.27. The van der Waals surface area contributed by atoms with Crippen LogP contribution in [-0.4, -0.2) is 72.0 Å². The van der Waals surface area contributed by atoms with Gasteiger partial charge >= 0.3 is 0 Å². The molecule has 0 amide bonds. The summed E-state index contributed by atoms with van der Waals surface area (Å²) in [4.78, 5) is 25.0. The van der Waals surface area contributed by atoms with Gasteiger partial charge in [-0.1, -0.05) is 80.9 Å². The predicted octanol–water partition coefficient (Wildman–Crippen LogP) is 6.38. The van der Waals surface area contributed by atoms with Crippen molar-refractivity contribution in [2.24, 2.45) is 0 Å². The molecule has 4 aromatic carbocycles. The molecule has 0 bridgehead atoms. The van der Waals surface area contributed by atoms with Gasteiger partial charge in [0, 0.05) is 36.5 Å². The van der Waals surface area contributed by atoms with Gasteiger partial charge in [0.05, 0.1) is 24.3 Å². The standard InChI is InChI=1S/C27H20O6.C5H12O3.C3H8.C2H6O/c28-24-15-20(11-13-22(24)26(30)18-7-3-1-4-8-18)32-17-33-21-12-14-23(25(29)16-21)27(31)19-9-5-2-6-10-19;1-2-7-3-4-8-5-6;1-3-2;1-2-3/h1-16,28-29H,17H2;6H,2-5H2,1H3;3H2,1-2H3;3H,2H2,1H3.